The third-order valence-electron chi connectivity index (χ3n) is 8.91. The van der Waals surface area contributed by atoms with Gasteiger partial charge in [-0.25, -0.2) is 4.99 Å². The number of hydrogen-bond donors (Lipinski definition) is 2. The van der Waals surface area contributed by atoms with Crippen LogP contribution in [-0.2, 0) is 12.8 Å². The van der Waals surface area contributed by atoms with Crippen molar-refractivity contribution < 1.29 is 0 Å². The lowest BCUT2D eigenvalue weighted by molar-refractivity contribution is -0.00259. The highest BCUT2D eigenvalue weighted by atomic mass is 15.1. The van der Waals surface area contributed by atoms with Crippen molar-refractivity contribution in [1.82, 2.24) is 0 Å². The van der Waals surface area contributed by atoms with Gasteiger partial charge in [-0.15, -0.1) is 0 Å². The Labute approximate surface area is 190 Å². The van der Waals surface area contributed by atoms with E-state index in [4.69, 9.17) is 10.7 Å². The molecule has 0 radical (unpaired) electrons. The number of rotatable bonds is 3. The van der Waals surface area contributed by atoms with Crippen molar-refractivity contribution in [2.24, 2.45) is 34.4 Å². The van der Waals surface area contributed by atoms with Crippen LogP contribution in [0.4, 0.5) is 11.4 Å². The quantitative estimate of drug-likeness (QED) is 0.373. The largest absolute Gasteiger partial charge is 0.369 e. The normalized spacial score (nSPS) is 30.2. The summed E-state index contributed by atoms with van der Waals surface area (Å²) in [5.74, 6) is 4.83. The molecular formula is C29H31N3. The van der Waals surface area contributed by atoms with Crippen LogP contribution >= 0.6 is 0 Å². The van der Waals surface area contributed by atoms with Crippen LogP contribution in [0.1, 0.15) is 54.7 Å². The van der Waals surface area contributed by atoms with Crippen molar-refractivity contribution in [1.29, 1.82) is 0 Å². The van der Waals surface area contributed by atoms with Crippen LogP contribution in [0.2, 0.25) is 0 Å². The van der Waals surface area contributed by atoms with Crippen LogP contribution in [0.5, 0.6) is 0 Å². The SMILES string of the molecule is NC(=Nc1ccccc1C1C2CC3CC(C2)CC1C3)Nc1ccc2cccc3c2c1CC3. The van der Waals surface area contributed by atoms with Crippen molar-refractivity contribution in [3.63, 3.8) is 0 Å². The molecule has 3 heteroatoms. The topological polar surface area (TPSA) is 50.4 Å². The number of guanidine groups is 1. The van der Waals surface area contributed by atoms with Crippen LogP contribution in [0.15, 0.2) is 59.6 Å². The Morgan fingerprint density at radius 1 is 0.812 bits per heavy atom. The van der Waals surface area contributed by atoms with Crippen molar-refractivity contribution in [2.45, 2.75) is 50.9 Å². The first-order valence-electron chi connectivity index (χ1n) is 12.5. The molecule has 3 N–H and O–H groups in total. The Kier molecular flexibility index (Phi) is 4.15. The molecule has 0 atom stereocenters. The molecule has 4 bridgehead atoms. The summed E-state index contributed by atoms with van der Waals surface area (Å²) >= 11 is 0. The summed E-state index contributed by atoms with van der Waals surface area (Å²) in [4.78, 5) is 4.94. The zero-order valence-corrected chi connectivity index (χ0v) is 18.6. The molecular weight excluding hydrogens is 390 g/mol. The molecule has 0 aromatic heterocycles. The molecule has 162 valence electrons. The van der Waals surface area contributed by atoms with Crippen molar-refractivity contribution in [3.05, 3.63) is 71.3 Å². The molecule has 3 aromatic carbocycles. The third-order valence-corrected chi connectivity index (χ3v) is 8.91. The molecule has 0 spiro atoms. The number of aliphatic imine (C=N–C) groups is 1. The Morgan fingerprint density at radius 2 is 1.59 bits per heavy atom. The lowest BCUT2D eigenvalue weighted by Gasteiger charge is -2.54. The van der Waals surface area contributed by atoms with Gasteiger partial charge < -0.3 is 11.1 Å². The molecule has 3 aromatic rings. The zero-order valence-electron chi connectivity index (χ0n) is 18.6. The fourth-order valence-electron chi connectivity index (χ4n) is 7.98. The van der Waals surface area contributed by atoms with Gasteiger partial charge in [-0.3, -0.25) is 0 Å². The van der Waals surface area contributed by atoms with E-state index < -0.39 is 0 Å². The summed E-state index contributed by atoms with van der Waals surface area (Å²) in [6, 6.07) is 19.8. The van der Waals surface area contributed by atoms with E-state index in [-0.39, 0.29) is 0 Å². The fraction of sp³-hybridized carbons (Fsp3) is 0.414. The molecule has 4 saturated carbocycles. The van der Waals surface area contributed by atoms with Crippen molar-refractivity contribution >= 4 is 28.1 Å². The first kappa shape index (κ1) is 18.7. The molecule has 8 rings (SSSR count). The van der Waals surface area contributed by atoms with E-state index in [2.05, 4.69) is 59.9 Å². The minimum Gasteiger partial charge on any atom is -0.369 e. The molecule has 0 aliphatic heterocycles. The van der Waals surface area contributed by atoms with E-state index in [0.29, 0.717) is 11.9 Å². The van der Waals surface area contributed by atoms with Crippen LogP contribution in [0.3, 0.4) is 0 Å². The minimum atomic E-state index is 0.501. The Morgan fingerprint density at radius 3 is 2.41 bits per heavy atom. The maximum atomic E-state index is 6.50. The van der Waals surface area contributed by atoms with E-state index in [1.54, 1.807) is 0 Å². The summed E-state index contributed by atoms with van der Waals surface area (Å²) < 4.78 is 0. The lowest BCUT2D eigenvalue weighted by atomic mass is 9.50. The van der Waals surface area contributed by atoms with Gasteiger partial charge in [-0.1, -0.05) is 42.5 Å². The van der Waals surface area contributed by atoms with E-state index in [1.165, 1.54) is 59.6 Å². The number of hydrogen-bond acceptors (Lipinski definition) is 1. The monoisotopic (exact) mass is 421 g/mol. The van der Waals surface area contributed by atoms with Gasteiger partial charge in [0.15, 0.2) is 5.96 Å². The molecule has 5 aliphatic carbocycles. The lowest BCUT2D eigenvalue weighted by Crippen LogP contribution is -2.43. The van der Waals surface area contributed by atoms with E-state index in [9.17, 15) is 0 Å². The average Bonchev–Trinajstić information content (AvgIpc) is 3.22. The zero-order chi connectivity index (χ0) is 21.2. The van der Waals surface area contributed by atoms with Crippen LogP contribution in [-0.4, -0.2) is 5.96 Å². The highest BCUT2D eigenvalue weighted by Gasteiger charge is 2.49. The first-order chi connectivity index (χ1) is 15.7. The molecule has 5 aliphatic rings. The highest BCUT2D eigenvalue weighted by molar-refractivity contribution is 6.00. The second kappa shape index (κ2) is 7.10. The van der Waals surface area contributed by atoms with E-state index in [1.807, 2.05) is 0 Å². The molecule has 0 amide bonds. The smallest absolute Gasteiger partial charge is 0.198 e. The number of nitrogens with one attached hydrogen (secondary N) is 1. The second-order valence-electron chi connectivity index (χ2n) is 10.7. The fourth-order valence-corrected chi connectivity index (χ4v) is 7.98. The average molecular weight is 422 g/mol. The van der Waals surface area contributed by atoms with Gasteiger partial charge in [-0.05, 0) is 114 Å². The predicted octanol–water partition coefficient (Wildman–Crippen LogP) is 6.54. The Balaban J connectivity index is 1.21. The van der Waals surface area contributed by atoms with Crippen LogP contribution < -0.4 is 11.1 Å². The third kappa shape index (κ3) is 2.90. The summed E-state index contributed by atoms with van der Waals surface area (Å²) in [6.07, 6.45) is 9.36. The maximum Gasteiger partial charge on any atom is 0.198 e. The molecule has 0 saturated heterocycles. The van der Waals surface area contributed by atoms with Crippen LogP contribution in [0, 0.1) is 23.7 Å². The maximum absolute atomic E-state index is 6.50. The molecule has 0 unspecified atom stereocenters. The summed E-state index contributed by atoms with van der Waals surface area (Å²) in [5.41, 5.74) is 12.9. The van der Waals surface area contributed by atoms with Gasteiger partial charge in [0.25, 0.3) is 0 Å². The summed E-state index contributed by atoms with van der Waals surface area (Å²) in [7, 11) is 0. The number of nitrogens with two attached hydrogens (primary N) is 1. The number of aryl methyl sites for hydroxylation is 2. The minimum absolute atomic E-state index is 0.501. The first-order valence-corrected chi connectivity index (χ1v) is 12.5. The van der Waals surface area contributed by atoms with Crippen molar-refractivity contribution in [3.8, 4) is 0 Å². The molecule has 3 nitrogen and oxygen atoms in total. The highest BCUT2D eigenvalue weighted by Crippen LogP contribution is 2.60. The Hall–Kier alpha value is -2.81. The van der Waals surface area contributed by atoms with Gasteiger partial charge in [-0.2, -0.15) is 0 Å². The van der Waals surface area contributed by atoms with E-state index >= 15 is 0 Å². The van der Waals surface area contributed by atoms with Gasteiger partial charge in [0.2, 0.25) is 0 Å². The molecule has 0 heterocycles. The van der Waals surface area contributed by atoms with Gasteiger partial charge in [0.1, 0.15) is 0 Å². The van der Waals surface area contributed by atoms with Crippen LogP contribution in [0.25, 0.3) is 10.8 Å². The predicted molar refractivity (Wildman–Crippen MR) is 132 cm³/mol. The number of para-hydroxylation sites is 1. The number of benzene rings is 3. The standard InChI is InChI=1S/C29H31N3/c30-29(32-26-11-9-20-5-3-4-19-8-10-24(26)27(19)20)31-25-7-2-1-6-23(25)28-21-13-17-12-18(15-21)16-22(28)14-17/h1-7,9,11,17-18,21-22,28H,8,10,12-16H2,(H3,30,31,32). The molecule has 4 fully saturated rings. The number of anilines is 1. The summed E-state index contributed by atoms with van der Waals surface area (Å²) in [6.45, 7) is 0. The Bertz CT molecular complexity index is 1210. The van der Waals surface area contributed by atoms with E-state index in [0.717, 1.165) is 47.9 Å². The van der Waals surface area contributed by atoms with Gasteiger partial charge in [0, 0.05) is 5.69 Å². The molecule has 32 heavy (non-hydrogen) atoms. The van der Waals surface area contributed by atoms with Crippen molar-refractivity contribution in [2.75, 3.05) is 5.32 Å². The second-order valence-corrected chi connectivity index (χ2v) is 10.7. The summed E-state index contributed by atoms with van der Waals surface area (Å²) in [5, 5.41) is 6.18. The number of nitrogens with zero attached hydrogens (tertiary/aromatic N) is 1. The van der Waals surface area contributed by atoms with Gasteiger partial charge >= 0.3 is 0 Å². The van der Waals surface area contributed by atoms with Gasteiger partial charge in [0.05, 0.1) is 5.69 Å².